The maximum Gasteiger partial charge on any atom is 0.433 e. The van der Waals surface area contributed by atoms with Crippen molar-refractivity contribution in [2.75, 3.05) is 13.2 Å². The van der Waals surface area contributed by atoms with Crippen LogP contribution in [0, 0.1) is 0 Å². The Morgan fingerprint density at radius 1 is 1.25 bits per heavy atom. The minimum Gasteiger partial charge on any atom is -0.478 e. The van der Waals surface area contributed by atoms with Crippen LogP contribution < -0.4 is 4.74 Å². The molecule has 0 unspecified atom stereocenters. The van der Waals surface area contributed by atoms with Gasteiger partial charge in [0.05, 0.1) is 18.8 Å². The summed E-state index contributed by atoms with van der Waals surface area (Å²) in [5, 5.41) is 8.96. The van der Waals surface area contributed by atoms with Gasteiger partial charge in [-0.15, -0.1) is 0 Å². The molecule has 1 saturated heterocycles. The summed E-state index contributed by atoms with van der Waals surface area (Å²) in [5.41, 5.74) is -1.80. The predicted molar refractivity (Wildman–Crippen MR) is 73.7 cm³/mol. The quantitative estimate of drug-likeness (QED) is 0.906. The number of halogens is 3. The standard InChI is InChI=1S/C15H16F3NO5/c16-15(17,18)11-7-9(13(20)21)8-12(19-11)24-10-1-3-14(4-2-10)22-5-6-23-14/h7-8,10H,1-6H2,(H,20,21). The monoisotopic (exact) mass is 347 g/mol. The zero-order chi connectivity index (χ0) is 17.4. The summed E-state index contributed by atoms with van der Waals surface area (Å²) >= 11 is 0. The molecule has 0 atom stereocenters. The zero-order valence-electron chi connectivity index (χ0n) is 12.6. The van der Waals surface area contributed by atoms with Crippen molar-refractivity contribution in [3.05, 3.63) is 23.4 Å². The van der Waals surface area contributed by atoms with E-state index in [2.05, 4.69) is 4.98 Å². The first-order valence-corrected chi connectivity index (χ1v) is 7.55. The second kappa shape index (κ2) is 6.21. The molecule has 3 rings (SSSR count). The van der Waals surface area contributed by atoms with Crippen molar-refractivity contribution in [2.45, 2.75) is 43.8 Å². The van der Waals surface area contributed by atoms with Crippen LogP contribution in [0.25, 0.3) is 0 Å². The van der Waals surface area contributed by atoms with Crippen LogP contribution in [0.1, 0.15) is 41.7 Å². The van der Waals surface area contributed by atoms with Crippen molar-refractivity contribution in [3.63, 3.8) is 0 Å². The normalized spacial score (nSPS) is 21.1. The average Bonchev–Trinajstić information content (AvgIpc) is 2.97. The van der Waals surface area contributed by atoms with E-state index < -0.39 is 29.2 Å². The second-order valence-corrected chi connectivity index (χ2v) is 5.81. The van der Waals surface area contributed by atoms with Crippen molar-refractivity contribution in [1.29, 1.82) is 0 Å². The molecule has 0 amide bonds. The molecule has 24 heavy (non-hydrogen) atoms. The van der Waals surface area contributed by atoms with Gasteiger partial charge >= 0.3 is 12.1 Å². The first-order valence-electron chi connectivity index (χ1n) is 7.55. The van der Waals surface area contributed by atoms with Gasteiger partial charge in [0.2, 0.25) is 5.88 Å². The van der Waals surface area contributed by atoms with E-state index >= 15 is 0 Å². The first-order chi connectivity index (χ1) is 11.3. The summed E-state index contributed by atoms with van der Waals surface area (Å²) in [6, 6.07) is 1.50. The number of rotatable bonds is 3. The molecular formula is C15H16F3NO5. The van der Waals surface area contributed by atoms with Crippen molar-refractivity contribution in [1.82, 2.24) is 4.98 Å². The topological polar surface area (TPSA) is 77.9 Å². The minimum atomic E-state index is -4.74. The Bertz CT molecular complexity index is 618. The molecule has 0 aromatic carbocycles. The number of carboxylic acid groups (broad SMARTS) is 1. The van der Waals surface area contributed by atoms with Crippen LogP contribution >= 0.6 is 0 Å². The number of carbonyl (C=O) groups is 1. The number of nitrogens with zero attached hydrogens (tertiary/aromatic N) is 1. The Hall–Kier alpha value is -1.87. The number of ether oxygens (including phenoxy) is 3. The predicted octanol–water partition coefficient (Wildman–Crippen LogP) is 2.86. The number of aromatic nitrogens is 1. The smallest absolute Gasteiger partial charge is 0.433 e. The molecule has 1 N–H and O–H groups in total. The maximum atomic E-state index is 12.8. The van der Waals surface area contributed by atoms with E-state index in [1.165, 1.54) is 0 Å². The van der Waals surface area contributed by atoms with Gasteiger partial charge in [0.25, 0.3) is 0 Å². The third-order valence-electron chi connectivity index (χ3n) is 4.13. The van der Waals surface area contributed by atoms with Gasteiger partial charge in [-0.1, -0.05) is 0 Å². The fourth-order valence-corrected chi connectivity index (χ4v) is 2.94. The molecule has 1 aromatic heterocycles. The molecule has 2 aliphatic rings. The molecule has 1 saturated carbocycles. The van der Waals surface area contributed by atoms with Crippen LogP contribution in [0.4, 0.5) is 13.2 Å². The van der Waals surface area contributed by atoms with Gasteiger partial charge in [-0.3, -0.25) is 0 Å². The van der Waals surface area contributed by atoms with Gasteiger partial charge < -0.3 is 19.3 Å². The molecule has 1 spiro atoms. The molecule has 2 heterocycles. The molecule has 1 aliphatic carbocycles. The van der Waals surface area contributed by atoms with Crippen molar-refractivity contribution < 1.29 is 37.3 Å². The SMILES string of the molecule is O=C(O)c1cc(OC2CCC3(CC2)OCCO3)nc(C(F)(F)F)c1. The maximum absolute atomic E-state index is 12.8. The molecule has 9 heteroatoms. The fraction of sp³-hybridized carbons (Fsp3) is 0.600. The molecule has 1 aromatic rings. The Kier molecular flexibility index (Phi) is 4.39. The number of aromatic carboxylic acids is 1. The van der Waals surface area contributed by atoms with E-state index in [-0.39, 0.29) is 12.0 Å². The molecule has 0 radical (unpaired) electrons. The van der Waals surface area contributed by atoms with Crippen LogP contribution in [-0.2, 0) is 15.7 Å². The summed E-state index contributed by atoms with van der Waals surface area (Å²) in [6.07, 6.45) is -2.90. The summed E-state index contributed by atoms with van der Waals surface area (Å²) < 4.78 is 55.2. The van der Waals surface area contributed by atoms with E-state index in [1.807, 2.05) is 0 Å². The Morgan fingerprint density at radius 3 is 2.42 bits per heavy atom. The number of hydrogen-bond donors (Lipinski definition) is 1. The van der Waals surface area contributed by atoms with E-state index in [9.17, 15) is 18.0 Å². The molecule has 0 bridgehead atoms. The van der Waals surface area contributed by atoms with E-state index in [0.29, 0.717) is 45.0 Å². The van der Waals surface area contributed by atoms with Crippen molar-refractivity contribution >= 4 is 5.97 Å². The third kappa shape index (κ3) is 3.62. The van der Waals surface area contributed by atoms with E-state index in [1.54, 1.807) is 0 Å². The van der Waals surface area contributed by atoms with Crippen LogP contribution in [-0.4, -0.2) is 41.2 Å². The summed E-state index contributed by atoms with van der Waals surface area (Å²) in [6.45, 7) is 1.06. The highest BCUT2D eigenvalue weighted by Crippen LogP contribution is 2.37. The molecular weight excluding hydrogens is 331 g/mol. The Morgan fingerprint density at radius 2 is 1.88 bits per heavy atom. The van der Waals surface area contributed by atoms with E-state index in [0.717, 1.165) is 6.07 Å². The van der Waals surface area contributed by atoms with Gasteiger partial charge in [-0.25, -0.2) is 9.78 Å². The number of carboxylic acids is 1. The highest BCUT2D eigenvalue weighted by Gasteiger charge is 2.41. The lowest BCUT2D eigenvalue weighted by molar-refractivity contribution is -0.186. The van der Waals surface area contributed by atoms with Crippen LogP contribution in [0.5, 0.6) is 5.88 Å². The summed E-state index contributed by atoms with van der Waals surface area (Å²) in [7, 11) is 0. The summed E-state index contributed by atoms with van der Waals surface area (Å²) in [5.74, 6) is -2.41. The average molecular weight is 347 g/mol. The zero-order valence-corrected chi connectivity index (χ0v) is 12.6. The lowest BCUT2D eigenvalue weighted by Crippen LogP contribution is -2.38. The molecule has 6 nitrogen and oxygen atoms in total. The van der Waals surface area contributed by atoms with Crippen LogP contribution in [0.15, 0.2) is 12.1 Å². The number of alkyl halides is 3. The lowest BCUT2D eigenvalue weighted by Gasteiger charge is -2.35. The van der Waals surface area contributed by atoms with Crippen LogP contribution in [0.3, 0.4) is 0 Å². The van der Waals surface area contributed by atoms with Crippen molar-refractivity contribution in [3.8, 4) is 5.88 Å². The molecule has 1 aliphatic heterocycles. The number of pyridine rings is 1. The highest BCUT2D eigenvalue weighted by molar-refractivity contribution is 5.88. The highest BCUT2D eigenvalue weighted by atomic mass is 19.4. The van der Waals surface area contributed by atoms with Crippen molar-refractivity contribution in [2.24, 2.45) is 0 Å². The van der Waals surface area contributed by atoms with Gasteiger partial charge in [-0.05, 0) is 18.9 Å². The Balaban J connectivity index is 1.73. The largest absolute Gasteiger partial charge is 0.478 e. The van der Waals surface area contributed by atoms with Gasteiger partial charge in [-0.2, -0.15) is 13.2 Å². The Labute approximate surface area is 135 Å². The minimum absolute atomic E-state index is 0.337. The first kappa shape index (κ1) is 17.0. The lowest BCUT2D eigenvalue weighted by atomic mass is 9.92. The van der Waals surface area contributed by atoms with Crippen LogP contribution in [0.2, 0.25) is 0 Å². The number of hydrogen-bond acceptors (Lipinski definition) is 5. The molecule has 2 fully saturated rings. The van der Waals surface area contributed by atoms with Gasteiger partial charge in [0.15, 0.2) is 5.79 Å². The summed E-state index contributed by atoms with van der Waals surface area (Å²) in [4.78, 5) is 14.4. The second-order valence-electron chi connectivity index (χ2n) is 5.81. The fourth-order valence-electron chi connectivity index (χ4n) is 2.94. The van der Waals surface area contributed by atoms with E-state index in [4.69, 9.17) is 19.3 Å². The molecule has 132 valence electrons. The van der Waals surface area contributed by atoms with Gasteiger partial charge in [0.1, 0.15) is 11.8 Å². The third-order valence-corrected chi connectivity index (χ3v) is 4.13. The van der Waals surface area contributed by atoms with Gasteiger partial charge in [0, 0.05) is 18.9 Å².